The lowest BCUT2D eigenvalue weighted by Gasteiger charge is -2.08. The molecule has 108 valence electrons. The van der Waals surface area contributed by atoms with Crippen LogP contribution >= 0.6 is 27.5 Å². The van der Waals surface area contributed by atoms with Crippen molar-refractivity contribution in [2.24, 2.45) is 5.73 Å². The maximum atomic E-state index is 5.90. The maximum absolute atomic E-state index is 5.90. The normalized spacial score (nSPS) is 12.4. The highest BCUT2D eigenvalue weighted by Crippen LogP contribution is 2.27. The van der Waals surface area contributed by atoms with Crippen molar-refractivity contribution in [3.63, 3.8) is 0 Å². The summed E-state index contributed by atoms with van der Waals surface area (Å²) in [5.41, 5.74) is 6.70. The van der Waals surface area contributed by atoms with Gasteiger partial charge in [0.2, 0.25) is 0 Å². The Kier molecular flexibility index (Phi) is 5.39. The predicted octanol–water partition coefficient (Wildman–Crippen LogP) is 3.18. The van der Waals surface area contributed by atoms with E-state index in [1.54, 1.807) is 16.8 Å². The van der Waals surface area contributed by atoms with Crippen molar-refractivity contribution < 1.29 is 4.74 Å². The molecular weight excluding hydrogens is 344 g/mol. The predicted molar refractivity (Wildman–Crippen MR) is 81.9 cm³/mol. The van der Waals surface area contributed by atoms with Crippen LogP contribution in [0.5, 0.6) is 5.75 Å². The van der Waals surface area contributed by atoms with E-state index in [9.17, 15) is 0 Å². The van der Waals surface area contributed by atoms with Crippen molar-refractivity contribution in [1.29, 1.82) is 0 Å². The van der Waals surface area contributed by atoms with Gasteiger partial charge in [-0.1, -0.05) is 23.7 Å². The average molecular weight is 360 g/mol. The van der Waals surface area contributed by atoms with Crippen molar-refractivity contribution in [2.45, 2.75) is 25.9 Å². The van der Waals surface area contributed by atoms with Crippen molar-refractivity contribution >= 4 is 27.5 Å². The molecule has 1 unspecified atom stereocenters. The van der Waals surface area contributed by atoms with Crippen LogP contribution < -0.4 is 10.5 Å². The van der Waals surface area contributed by atoms with E-state index in [1.807, 2.05) is 19.2 Å². The Labute approximate surface area is 131 Å². The van der Waals surface area contributed by atoms with E-state index in [0.717, 1.165) is 22.3 Å². The fourth-order valence-electron chi connectivity index (χ4n) is 1.64. The van der Waals surface area contributed by atoms with Crippen LogP contribution in [0, 0.1) is 0 Å². The molecule has 2 N–H and O–H groups in total. The number of halogens is 2. The molecular formula is C13H16BrClN4O. The maximum Gasteiger partial charge on any atom is 0.133 e. The number of nitrogens with two attached hydrogens (primary N) is 1. The van der Waals surface area contributed by atoms with Gasteiger partial charge in [0.25, 0.3) is 0 Å². The third kappa shape index (κ3) is 3.94. The van der Waals surface area contributed by atoms with E-state index in [0.29, 0.717) is 18.2 Å². The van der Waals surface area contributed by atoms with Crippen LogP contribution in [0.1, 0.15) is 25.1 Å². The molecule has 0 fully saturated rings. The van der Waals surface area contributed by atoms with E-state index in [1.165, 1.54) is 0 Å². The Morgan fingerprint density at radius 3 is 3.00 bits per heavy atom. The molecule has 0 radical (unpaired) electrons. The molecule has 7 heteroatoms. The highest BCUT2D eigenvalue weighted by atomic mass is 79.9. The number of hydrogen-bond donors (Lipinski definition) is 1. The smallest absolute Gasteiger partial charge is 0.133 e. The van der Waals surface area contributed by atoms with Gasteiger partial charge >= 0.3 is 0 Å². The summed E-state index contributed by atoms with van der Waals surface area (Å²) in [5.74, 6) is 0.750. The van der Waals surface area contributed by atoms with Crippen LogP contribution in [0.2, 0.25) is 5.02 Å². The molecule has 0 spiro atoms. The summed E-state index contributed by atoms with van der Waals surface area (Å²) in [7, 11) is 0. The summed E-state index contributed by atoms with van der Waals surface area (Å²) in [6, 6.07) is 5.35. The number of benzene rings is 1. The zero-order chi connectivity index (χ0) is 14.5. The minimum Gasteiger partial charge on any atom is -0.490 e. The first-order valence-corrected chi connectivity index (χ1v) is 7.50. The van der Waals surface area contributed by atoms with Gasteiger partial charge in [-0.2, -0.15) is 0 Å². The first-order valence-electron chi connectivity index (χ1n) is 6.33. The second-order valence-electron chi connectivity index (χ2n) is 4.34. The lowest BCUT2D eigenvalue weighted by atomic mass is 10.2. The van der Waals surface area contributed by atoms with Gasteiger partial charge in [-0.25, -0.2) is 4.68 Å². The number of hydrogen-bond acceptors (Lipinski definition) is 4. The minimum absolute atomic E-state index is 0.0601. The number of aromatic nitrogens is 3. The minimum atomic E-state index is -0.0601. The molecule has 0 saturated carbocycles. The Hall–Kier alpha value is -1.11. The van der Waals surface area contributed by atoms with E-state index >= 15 is 0 Å². The molecule has 0 amide bonds. The quantitative estimate of drug-likeness (QED) is 0.860. The van der Waals surface area contributed by atoms with E-state index in [4.69, 9.17) is 22.1 Å². The summed E-state index contributed by atoms with van der Waals surface area (Å²) >= 11 is 9.28. The first kappa shape index (κ1) is 15.3. The lowest BCUT2D eigenvalue weighted by molar-refractivity contribution is 0.288. The molecule has 1 aromatic heterocycles. The molecule has 0 aliphatic heterocycles. The Bertz CT molecular complexity index is 575. The van der Waals surface area contributed by atoms with Gasteiger partial charge in [-0.05, 0) is 40.5 Å². The Morgan fingerprint density at radius 2 is 2.30 bits per heavy atom. The lowest BCUT2D eigenvalue weighted by Crippen LogP contribution is -2.10. The molecule has 20 heavy (non-hydrogen) atoms. The molecule has 0 aliphatic rings. The molecule has 0 aliphatic carbocycles. The van der Waals surface area contributed by atoms with E-state index in [2.05, 4.69) is 26.2 Å². The summed E-state index contributed by atoms with van der Waals surface area (Å²) in [6.07, 6.45) is 2.70. The summed E-state index contributed by atoms with van der Waals surface area (Å²) in [4.78, 5) is 0. The fourth-order valence-corrected chi connectivity index (χ4v) is 2.44. The second kappa shape index (κ2) is 7.06. The van der Waals surface area contributed by atoms with Gasteiger partial charge in [-0.3, -0.25) is 0 Å². The van der Waals surface area contributed by atoms with Crippen LogP contribution in [-0.2, 0) is 6.54 Å². The van der Waals surface area contributed by atoms with Crippen molar-refractivity contribution in [3.8, 4) is 5.75 Å². The van der Waals surface area contributed by atoms with Gasteiger partial charge in [0.05, 0.1) is 29.0 Å². The topological polar surface area (TPSA) is 66.0 Å². The second-order valence-corrected chi connectivity index (χ2v) is 5.64. The number of ether oxygens (including phenoxy) is 1. The van der Waals surface area contributed by atoms with Gasteiger partial charge < -0.3 is 10.5 Å². The van der Waals surface area contributed by atoms with Gasteiger partial charge in [-0.15, -0.1) is 5.10 Å². The summed E-state index contributed by atoms with van der Waals surface area (Å²) < 4.78 is 8.23. The SMILES string of the molecule is CCC(N)c1cn(CCOc2ccc(Cl)cc2Br)nn1. The highest BCUT2D eigenvalue weighted by molar-refractivity contribution is 9.10. The molecule has 2 aromatic rings. The molecule has 1 heterocycles. The van der Waals surface area contributed by atoms with E-state index < -0.39 is 0 Å². The van der Waals surface area contributed by atoms with Crippen LogP contribution in [0.3, 0.4) is 0 Å². The third-order valence-electron chi connectivity index (χ3n) is 2.85. The fraction of sp³-hybridized carbons (Fsp3) is 0.385. The Morgan fingerprint density at radius 1 is 1.50 bits per heavy atom. The molecule has 0 bridgehead atoms. The number of nitrogens with zero attached hydrogens (tertiary/aromatic N) is 3. The standard InChI is InChI=1S/C13H16BrClN4O/c1-2-11(16)12-8-19(18-17-12)5-6-20-13-4-3-9(15)7-10(13)14/h3-4,7-8,11H,2,5-6,16H2,1H3. The van der Waals surface area contributed by atoms with Gasteiger partial charge in [0.15, 0.2) is 0 Å². The van der Waals surface area contributed by atoms with E-state index in [-0.39, 0.29) is 6.04 Å². The van der Waals surface area contributed by atoms with Crippen molar-refractivity contribution in [3.05, 3.63) is 39.6 Å². The molecule has 5 nitrogen and oxygen atoms in total. The van der Waals surface area contributed by atoms with Crippen molar-refractivity contribution in [1.82, 2.24) is 15.0 Å². The van der Waals surface area contributed by atoms with Crippen molar-refractivity contribution in [2.75, 3.05) is 6.61 Å². The molecule has 1 atom stereocenters. The monoisotopic (exact) mass is 358 g/mol. The van der Waals surface area contributed by atoms with Gasteiger partial charge in [0.1, 0.15) is 12.4 Å². The Balaban J connectivity index is 1.88. The summed E-state index contributed by atoms with van der Waals surface area (Å²) in [6.45, 7) is 3.12. The van der Waals surface area contributed by atoms with Crippen LogP contribution in [0.15, 0.2) is 28.9 Å². The average Bonchev–Trinajstić information content (AvgIpc) is 2.89. The first-order chi connectivity index (χ1) is 9.60. The largest absolute Gasteiger partial charge is 0.490 e. The molecule has 1 aromatic carbocycles. The van der Waals surface area contributed by atoms with Crippen LogP contribution in [-0.4, -0.2) is 21.6 Å². The highest BCUT2D eigenvalue weighted by Gasteiger charge is 2.08. The summed E-state index contributed by atoms with van der Waals surface area (Å²) in [5, 5.41) is 8.74. The number of rotatable bonds is 6. The molecule has 0 saturated heterocycles. The van der Waals surface area contributed by atoms with Gasteiger partial charge in [0, 0.05) is 5.02 Å². The third-order valence-corrected chi connectivity index (χ3v) is 3.70. The molecule has 2 rings (SSSR count). The van der Waals surface area contributed by atoms with Crippen LogP contribution in [0.4, 0.5) is 0 Å². The zero-order valence-electron chi connectivity index (χ0n) is 11.1. The zero-order valence-corrected chi connectivity index (χ0v) is 13.4. The van der Waals surface area contributed by atoms with Crippen LogP contribution in [0.25, 0.3) is 0 Å².